The summed E-state index contributed by atoms with van der Waals surface area (Å²) < 4.78 is 11.4. The zero-order chi connectivity index (χ0) is 17.0. The first kappa shape index (κ1) is 19.3. The summed E-state index contributed by atoms with van der Waals surface area (Å²) in [4.78, 5) is 1.33. The predicted molar refractivity (Wildman–Crippen MR) is 103 cm³/mol. The molecule has 1 saturated heterocycles. The summed E-state index contributed by atoms with van der Waals surface area (Å²) in [6, 6.07) is 10.6. The second-order valence-electron chi connectivity index (χ2n) is 6.37. The van der Waals surface area contributed by atoms with Gasteiger partial charge in [0.25, 0.3) is 0 Å². The quantitative estimate of drug-likeness (QED) is 0.404. The Morgan fingerprint density at radius 3 is 2.75 bits per heavy atom. The van der Waals surface area contributed by atoms with Gasteiger partial charge in [-0.05, 0) is 58.1 Å². The summed E-state index contributed by atoms with van der Waals surface area (Å²) in [5.41, 5.74) is 2.76. The van der Waals surface area contributed by atoms with Crippen molar-refractivity contribution in [2.24, 2.45) is 0 Å². The highest BCUT2D eigenvalue weighted by molar-refractivity contribution is 7.99. The Kier molecular flexibility index (Phi) is 9.26. The van der Waals surface area contributed by atoms with Gasteiger partial charge in [-0.1, -0.05) is 41.5 Å². The topological polar surface area (TPSA) is 18.5 Å². The molecule has 0 bridgehead atoms. The molecule has 0 N–H and O–H groups in total. The van der Waals surface area contributed by atoms with Gasteiger partial charge in [0, 0.05) is 17.3 Å². The highest BCUT2D eigenvalue weighted by Crippen LogP contribution is 2.18. The van der Waals surface area contributed by atoms with Gasteiger partial charge in [0.15, 0.2) is 6.29 Å². The van der Waals surface area contributed by atoms with E-state index < -0.39 is 0 Å². The second kappa shape index (κ2) is 11.5. The van der Waals surface area contributed by atoms with Crippen molar-refractivity contribution in [1.82, 2.24) is 0 Å². The molecule has 2 nitrogen and oxygen atoms in total. The molecule has 1 unspecified atom stereocenters. The van der Waals surface area contributed by atoms with Crippen molar-refractivity contribution in [3.8, 4) is 0 Å². The standard InChI is InChI=1S/C21H30O2S/c1-18(14-16-24-20-11-4-3-5-12-20)9-8-10-19(2)17-23-21-13-6-7-15-22-21/h3-5,10-12,14,21H,6-9,13,15-17H2,1-2H3/b18-14+,19-10+. The SMILES string of the molecule is C/C(=C\CSc1ccccc1)CC/C=C(\C)COC1CCCCO1. The summed E-state index contributed by atoms with van der Waals surface area (Å²) in [7, 11) is 0. The van der Waals surface area contributed by atoms with Crippen molar-refractivity contribution in [3.05, 3.63) is 53.6 Å². The number of thioether (sulfide) groups is 1. The molecule has 0 aromatic heterocycles. The molecular weight excluding hydrogens is 316 g/mol. The van der Waals surface area contributed by atoms with E-state index in [2.05, 4.69) is 56.3 Å². The molecule has 0 spiro atoms. The summed E-state index contributed by atoms with van der Waals surface area (Å²) in [6.07, 6.45) is 10.3. The number of benzene rings is 1. The molecule has 0 amide bonds. The van der Waals surface area contributed by atoms with Crippen LogP contribution in [0, 0.1) is 0 Å². The molecule has 1 heterocycles. The zero-order valence-corrected chi connectivity index (χ0v) is 15.8. The minimum atomic E-state index is 0.0127. The van der Waals surface area contributed by atoms with Gasteiger partial charge in [0.1, 0.15) is 0 Å². The molecule has 132 valence electrons. The van der Waals surface area contributed by atoms with E-state index in [1.165, 1.54) is 28.9 Å². The van der Waals surface area contributed by atoms with Crippen molar-refractivity contribution in [2.45, 2.75) is 57.1 Å². The van der Waals surface area contributed by atoms with E-state index in [0.29, 0.717) is 6.61 Å². The van der Waals surface area contributed by atoms with Crippen molar-refractivity contribution in [1.29, 1.82) is 0 Å². The van der Waals surface area contributed by atoms with Crippen LogP contribution in [0.4, 0.5) is 0 Å². The van der Waals surface area contributed by atoms with Crippen LogP contribution in [0.25, 0.3) is 0 Å². The Hall–Kier alpha value is -1.03. The number of allylic oxidation sites excluding steroid dienone is 2. The molecule has 1 atom stereocenters. The fraction of sp³-hybridized carbons (Fsp3) is 0.524. The molecule has 1 aliphatic rings. The second-order valence-corrected chi connectivity index (χ2v) is 7.46. The smallest absolute Gasteiger partial charge is 0.158 e. The van der Waals surface area contributed by atoms with Crippen LogP contribution in [0.3, 0.4) is 0 Å². The van der Waals surface area contributed by atoms with Gasteiger partial charge in [-0.3, -0.25) is 0 Å². The summed E-state index contributed by atoms with van der Waals surface area (Å²) in [6.45, 7) is 5.91. The third-order valence-corrected chi connectivity index (χ3v) is 5.03. The number of rotatable bonds is 9. The highest BCUT2D eigenvalue weighted by Gasteiger charge is 2.13. The van der Waals surface area contributed by atoms with Crippen molar-refractivity contribution >= 4 is 11.8 Å². The molecule has 1 aromatic carbocycles. The maximum atomic E-state index is 5.81. The van der Waals surface area contributed by atoms with Gasteiger partial charge in [0.05, 0.1) is 6.61 Å². The lowest BCUT2D eigenvalue weighted by atomic mass is 10.1. The third-order valence-electron chi connectivity index (χ3n) is 4.09. The largest absolute Gasteiger partial charge is 0.353 e. The van der Waals surface area contributed by atoms with Gasteiger partial charge in [-0.15, -0.1) is 11.8 Å². The first-order valence-corrected chi connectivity index (χ1v) is 9.95. The molecule has 24 heavy (non-hydrogen) atoms. The van der Waals surface area contributed by atoms with E-state index in [4.69, 9.17) is 9.47 Å². The predicted octanol–water partition coefficient (Wildman–Crippen LogP) is 5.99. The average Bonchev–Trinajstić information content (AvgIpc) is 2.62. The fourth-order valence-electron chi connectivity index (χ4n) is 2.57. The van der Waals surface area contributed by atoms with E-state index >= 15 is 0 Å². The van der Waals surface area contributed by atoms with E-state index in [-0.39, 0.29) is 6.29 Å². The van der Waals surface area contributed by atoms with Crippen LogP contribution >= 0.6 is 11.8 Å². The Labute approximate surface area is 151 Å². The minimum Gasteiger partial charge on any atom is -0.353 e. The normalized spacial score (nSPS) is 19.5. The van der Waals surface area contributed by atoms with Gasteiger partial charge < -0.3 is 9.47 Å². The third kappa shape index (κ3) is 8.18. The fourth-order valence-corrected chi connectivity index (χ4v) is 3.48. The monoisotopic (exact) mass is 346 g/mol. The van der Waals surface area contributed by atoms with Crippen molar-refractivity contribution < 1.29 is 9.47 Å². The van der Waals surface area contributed by atoms with Crippen LogP contribution in [-0.4, -0.2) is 25.3 Å². The molecule has 0 radical (unpaired) electrons. The summed E-state index contributed by atoms with van der Waals surface area (Å²) in [5, 5.41) is 0. The maximum absolute atomic E-state index is 5.81. The van der Waals surface area contributed by atoms with Crippen LogP contribution in [0.15, 0.2) is 58.5 Å². The van der Waals surface area contributed by atoms with E-state index in [1.807, 2.05) is 11.8 Å². The lowest BCUT2D eigenvalue weighted by Gasteiger charge is -2.22. The first-order chi connectivity index (χ1) is 11.7. The lowest BCUT2D eigenvalue weighted by molar-refractivity contribution is -0.156. The first-order valence-electron chi connectivity index (χ1n) is 8.96. The van der Waals surface area contributed by atoms with Crippen LogP contribution in [-0.2, 0) is 9.47 Å². The van der Waals surface area contributed by atoms with Crippen LogP contribution < -0.4 is 0 Å². The molecule has 2 rings (SSSR count). The molecule has 0 saturated carbocycles. The maximum Gasteiger partial charge on any atom is 0.158 e. The molecule has 1 aliphatic heterocycles. The van der Waals surface area contributed by atoms with Crippen molar-refractivity contribution in [3.63, 3.8) is 0 Å². The number of hydrogen-bond donors (Lipinski definition) is 0. The lowest BCUT2D eigenvalue weighted by Crippen LogP contribution is -2.22. The Morgan fingerprint density at radius 1 is 1.17 bits per heavy atom. The zero-order valence-electron chi connectivity index (χ0n) is 15.0. The highest BCUT2D eigenvalue weighted by atomic mass is 32.2. The Bertz CT molecular complexity index is 516. The van der Waals surface area contributed by atoms with Crippen LogP contribution in [0.1, 0.15) is 46.0 Å². The molecule has 3 heteroatoms. The van der Waals surface area contributed by atoms with Gasteiger partial charge in [-0.2, -0.15) is 0 Å². The van der Waals surface area contributed by atoms with Gasteiger partial charge in [0.2, 0.25) is 0 Å². The van der Waals surface area contributed by atoms with E-state index in [9.17, 15) is 0 Å². The number of ether oxygens (including phenoxy) is 2. The van der Waals surface area contributed by atoms with E-state index in [0.717, 1.165) is 31.6 Å². The van der Waals surface area contributed by atoms with Crippen LogP contribution in [0.5, 0.6) is 0 Å². The minimum absolute atomic E-state index is 0.0127. The van der Waals surface area contributed by atoms with E-state index in [1.54, 1.807) is 0 Å². The van der Waals surface area contributed by atoms with Crippen molar-refractivity contribution in [2.75, 3.05) is 19.0 Å². The molecule has 1 fully saturated rings. The molecular formula is C21H30O2S. The van der Waals surface area contributed by atoms with Crippen LogP contribution in [0.2, 0.25) is 0 Å². The molecule has 0 aliphatic carbocycles. The summed E-state index contributed by atoms with van der Waals surface area (Å²) in [5.74, 6) is 1.04. The number of hydrogen-bond acceptors (Lipinski definition) is 3. The van der Waals surface area contributed by atoms with Gasteiger partial charge in [-0.25, -0.2) is 0 Å². The van der Waals surface area contributed by atoms with Gasteiger partial charge >= 0.3 is 0 Å². The Morgan fingerprint density at radius 2 is 2.00 bits per heavy atom. The Balaban J connectivity index is 1.59. The molecule has 1 aromatic rings. The summed E-state index contributed by atoms with van der Waals surface area (Å²) >= 11 is 1.89. The average molecular weight is 347 g/mol.